The summed E-state index contributed by atoms with van der Waals surface area (Å²) in [4.78, 5) is 21.7. The molecular weight excluding hydrogens is 502 g/mol. The zero-order chi connectivity index (χ0) is 26.8. The third-order valence-corrected chi connectivity index (χ3v) is 7.43. The lowest BCUT2D eigenvalue weighted by Gasteiger charge is -2.26. The fraction of sp³-hybridized carbons (Fsp3) is 0.500. The smallest absolute Gasteiger partial charge is 0.229 e. The molecule has 38 heavy (non-hydrogen) atoms. The number of ether oxygens (including phenoxy) is 1. The maximum atomic E-state index is 12.7. The van der Waals surface area contributed by atoms with Gasteiger partial charge in [-0.1, -0.05) is 25.4 Å². The number of anilines is 4. The number of aromatic nitrogens is 4. The van der Waals surface area contributed by atoms with Crippen LogP contribution in [0.25, 0.3) is 0 Å². The van der Waals surface area contributed by atoms with E-state index in [4.69, 9.17) is 16.3 Å². The number of rotatable bonds is 10. The minimum atomic E-state index is -0.186. The van der Waals surface area contributed by atoms with Crippen LogP contribution in [-0.4, -0.2) is 45.2 Å². The number of Topliss-reactive ketones (excluding diaryl/α,β-unsaturated/α-hetero) is 1. The van der Waals surface area contributed by atoms with Crippen LogP contribution in [0.2, 0.25) is 5.02 Å². The molecule has 3 aromatic rings. The van der Waals surface area contributed by atoms with E-state index in [9.17, 15) is 4.79 Å². The summed E-state index contributed by atoms with van der Waals surface area (Å²) in [5.74, 6) is 2.50. The summed E-state index contributed by atoms with van der Waals surface area (Å²) in [6, 6.07) is 4.33. The van der Waals surface area contributed by atoms with Crippen molar-refractivity contribution in [2.24, 2.45) is 18.9 Å². The van der Waals surface area contributed by atoms with Crippen molar-refractivity contribution in [3.05, 3.63) is 46.4 Å². The highest BCUT2D eigenvalue weighted by Crippen LogP contribution is 2.38. The second-order valence-corrected chi connectivity index (χ2v) is 11.1. The van der Waals surface area contributed by atoms with Crippen LogP contribution < -0.4 is 20.7 Å². The molecule has 2 fully saturated rings. The standard InChI is InChI=1S/C28H36ClN7O2/c1-16(2)26(37)25-23(14-36(4)35-25)32-27-21(29)13-31-28(34-27)33-22-11-17(3)20(19-7-9-30-10-8-19)12-24(22)38-15-18-5-6-18/h11-14,16,18-19,30H,5-10,15H2,1-4H3,(H2,31,32,33,34). The summed E-state index contributed by atoms with van der Waals surface area (Å²) in [6.07, 6.45) is 7.98. The number of aryl methyl sites for hydroxylation is 2. The highest BCUT2D eigenvalue weighted by molar-refractivity contribution is 6.33. The molecule has 10 heteroatoms. The number of carbonyl (C=O) groups is 1. The van der Waals surface area contributed by atoms with E-state index in [1.807, 2.05) is 13.8 Å². The van der Waals surface area contributed by atoms with Crippen LogP contribution in [0.4, 0.5) is 23.1 Å². The molecule has 0 spiro atoms. The SMILES string of the molecule is Cc1cc(Nc2ncc(Cl)c(Nc3cn(C)nc3C(=O)C(C)C)n2)c(OCC2CC2)cc1C1CCNCC1. The van der Waals surface area contributed by atoms with Gasteiger partial charge in [0.05, 0.1) is 24.2 Å². The first kappa shape index (κ1) is 26.4. The molecule has 3 heterocycles. The molecule has 1 aliphatic carbocycles. The predicted octanol–water partition coefficient (Wildman–Crippen LogP) is 5.75. The molecule has 1 saturated heterocycles. The monoisotopic (exact) mass is 537 g/mol. The van der Waals surface area contributed by atoms with Crippen LogP contribution in [0.5, 0.6) is 5.75 Å². The number of halogens is 1. The molecule has 3 N–H and O–H groups in total. The number of ketones is 1. The van der Waals surface area contributed by atoms with E-state index in [2.05, 4.69) is 50.1 Å². The molecule has 1 aliphatic heterocycles. The Morgan fingerprint density at radius 1 is 1.18 bits per heavy atom. The fourth-order valence-electron chi connectivity index (χ4n) is 4.78. The van der Waals surface area contributed by atoms with Gasteiger partial charge in [-0.05, 0) is 80.8 Å². The van der Waals surface area contributed by atoms with Gasteiger partial charge in [-0.15, -0.1) is 0 Å². The number of hydrogen-bond donors (Lipinski definition) is 3. The molecule has 0 unspecified atom stereocenters. The number of benzene rings is 1. The number of nitrogens with one attached hydrogen (secondary N) is 3. The molecule has 202 valence electrons. The summed E-state index contributed by atoms with van der Waals surface area (Å²) in [5, 5.41) is 14.7. The maximum absolute atomic E-state index is 12.7. The van der Waals surface area contributed by atoms with Crippen molar-refractivity contribution < 1.29 is 9.53 Å². The summed E-state index contributed by atoms with van der Waals surface area (Å²) in [6.45, 7) is 8.64. The molecular formula is C28H36ClN7O2. The Morgan fingerprint density at radius 3 is 2.66 bits per heavy atom. The van der Waals surface area contributed by atoms with Crippen molar-refractivity contribution in [3.8, 4) is 5.75 Å². The molecule has 2 aromatic heterocycles. The first-order valence-corrected chi connectivity index (χ1v) is 13.8. The van der Waals surface area contributed by atoms with E-state index < -0.39 is 0 Å². The summed E-state index contributed by atoms with van der Waals surface area (Å²) >= 11 is 6.45. The topological polar surface area (TPSA) is 106 Å². The van der Waals surface area contributed by atoms with Crippen molar-refractivity contribution >= 4 is 40.5 Å². The zero-order valence-corrected chi connectivity index (χ0v) is 23.2. The van der Waals surface area contributed by atoms with Crippen LogP contribution in [0.1, 0.15) is 67.1 Å². The summed E-state index contributed by atoms with van der Waals surface area (Å²) < 4.78 is 7.91. The Morgan fingerprint density at radius 2 is 1.95 bits per heavy atom. The van der Waals surface area contributed by atoms with Crippen molar-refractivity contribution in [1.29, 1.82) is 0 Å². The van der Waals surface area contributed by atoms with Gasteiger partial charge in [0.2, 0.25) is 5.95 Å². The number of hydrogen-bond acceptors (Lipinski definition) is 8. The van der Waals surface area contributed by atoms with Crippen LogP contribution in [-0.2, 0) is 7.05 Å². The average molecular weight is 538 g/mol. The Kier molecular flexibility index (Phi) is 7.85. The van der Waals surface area contributed by atoms with E-state index in [1.54, 1.807) is 24.1 Å². The van der Waals surface area contributed by atoms with Gasteiger partial charge in [0.15, 0.2) is 17.3 Å². The fourth-order valence-corrected chi connectivity index (χ4v) is 4.92. The largest absolute Gasteiger partial charge is 0.491 e. The number of carbonyl (C=O) groups excluding carboxylic acids is 1. The minimum absolute atomic E-state index is 0.0570. The molecule has 2 aliphatic rings. The quantitative estimate of drug-likeness (QED) is 0.280. The lowest BCUT2D eigenvalue weighted by atomic mass is 9.87. The number of nitrogens with zero attached hydrogens (tertiary/aromatic N) is 4. The summed E-state index contributed by atoms with van der Waals surface area (Å²) in [5.41, 5.74) is 4.30. The summed E-state index contributed by atoms with van der Waals surface area (Å²) in [7, 11) is 1.77. The molecule has 0 radical (unpaired) electrons. The van der Waals surface area contributed by atoms with Gasteiger partial charge in [-0.25, -0.2) is 4.98 Å². The predicted molar refractivity (Wildman–Crippen MR) is 150 cm³/mol. The van der Waals surface area contributed by atoms with Crippen molar-refractivity contribution in [3.63, 3.8) is 0 Å². The Bertz CT molecular complexity index is 1310. The molecule has 0 bridgehead atoms. The van der Waals surface area contributed by atoms with Gasteiger partial charge in [-0.3, -0.25) is 9.48 Å². The first-order chi connectivity index (χ1) is 18.3. The van der Waals surface area contributed by atoms with Gasteiger partial charge in [0.1, 0.15) is 10.8 Å². The van der Waals surface area contributed by atoms with Crippen molar-refractivity contribution in [1.82, 2.24) is 25.1 Å². The normalized spacial score (nSPS) is 16.1. The molecule has 5 rings (SSSR count). The van der Waals surface area contributed by atoms with Crippen LogP contribution in [0, 0.1) is 18.8 Å². The van der Waals surface area contributed by atoms with Gasteiger partial charge < -0.3 is 20.7 Å². The highest BCUT2D eigenvalue weighted by Gasteiger charge is 2.25. The van der Waals surface area contributed by atoms with Crippen LogP contribution in [0.15, 0.2) is 24.5 Å². The molecule has 0 amide bonds. The molecule has 1 aromatic carbocycles. The maximum Gasteiger partial charge on any atom is 0.229 e. The van der Waals surface area contributed by atoms with Gasteiger partial charge in [-0.2, -0.15) is 10.1 Å². The Hall–Kier alpha value is -3.17. The van der Waals surface area contributed by atoms with E-state index in [1.165, 1.54) is 24.0 Å². The molecule has 1 saturated carbocycles. The van der Waals surface area contributed by atoms with Crippen molar-refractivity contribution in [2.45, 2.75) is 52.4 Å². The first-order valence-electron chi connectivity index (χ1n) is 13.4. The zero-order valence-electron chi connectivity index (χ0n) is 22.5. The Labute approximate surface area is 228 Å². The van der Waals surface area contributed by atoms with Crippen LogP contribution in [0.3, 0.4) is 0 Å². The molecule has 0 atom stereocenters. The lowest BCUT2D eigenvalue weighted by molar-refractivity contribution is 0.0934. The lowest BCUT2D eigenvalue weighted by Crippen LogP contribution is -2.27. The van der Waals surface area contributed by atoms with E-state index in [-0.39, 0.29) is 11.7 Å². The third kappa shape index (κ3) is 6.10. The molecule has 9 nitrogen and oxygen atoms in total. The average Bonchev–Trinajstić information content (AvgIpc) is 3.66. The van der Waals surface area contributed by atoms with E-state index in [0.717, 1.165) is 37.4 Å². The van der Waals surface area contributed by atoms with Gasteiger partial charge in [0.25, 0.3) is 0 Å². The minimum Gasteiger partial charge on any atom is -0.491 e. The van der Waals surface area contributed by atoms with E-state index in [0.29, 0.717) is 46.6 Å². The second kappa shape index (κ2) is 11.3. The third-order valence-electron chi connectivity index (χ3n) is 7.15. The highest BCUT2D eigenvalue weighted by atomic mass is 35.5. The van der Waals surface area contributed by atoms with Gasteiger partial charge >= 0.3 is 0 Å². The van der Waals surface area contributed by atoms with Crippen LogP contribution >= 0.6 is 11.6 Å². The van der Waals surface area contributed by atoms with Gasteiger partial charge in [0, 0.05) is 19.2 Å². The van der Waals surface area contributed by atoms with Crippen molar-refractivity contribution in [2.75, 3.05) is 30.3 Å². The van der Waals surface area contributed by atoms with E-state index >= 15 is 0 Å². The Balaban J connectivity index is 1.42. The second-order valence-electron chi connectivity index (χ2n) is 10.7. The number of piperidine rings is 1.